The number of benzene rings is 2. The molecule has 8 nitrogen and oxygen atoms in total. The van der Waals surface area contributed by atoms with Crippen LogP contribution in [0.15, 0.2) is 47.4 Å². The number of ether oxygens (including phenoxy) is 2. The highest BCUT2D eigenvalue weighted by Gasteiger charge is 2.35. The first-order chi connectivity index (χ1) is 15.9. The van der Waals surface area contributed by atoms with E-state index in [0.29, 0.717) is 57.4 Å². The van der Waals surface area contributed by atoms with Crippen molar-refractivity contribution >= 4 is 21.6 Å². The van der Waals surface area contributed by atoms with Gasteiger partial charge in [-0.2, -0.15) is 4.31 Å². The van der Waals surface area contributed by atoms with E-state index in [9.17, 15) is 13.2 Å². The minimum absolute atomic E-state index is 0.0687. The Morgan fingerprint density at radius 2 is 1.67 bits per heavy atom. The summed E-state index contributed by atoms with van der Waals surface area (Å²) in [6.45, 7) is 5.36. The number of hydrogen-bond donors (Lipinski definition) is 0. The van der Waals surface area contributed by atoms with Gasteiger partial charge in [0.2, 0.25) is 15.9 Å². The molecule has 1 atom stereocenters. The molecule has 0 bridgehead atoms. The number of carbonyl (C=O) groups excluding carboxylic acids is 1. The molecular weight excluding hydrogens is 442 g/mol. The number of piperazine rings is 1. The Hall–Kier alpha value is -2.62. The van der Waals surface area contributed by atoms with E-state index in [1.807, 2.05) is 30.0 Å². The zero-order valence-corrected chi connectivity index (χ0v) is 19.6. The van der Waals surface area contributed by atoms with Crippen molar-refractivity contribution in [3.63, 3.8) is 0 Å². The molecule has 0 spiro atoms. The van der Waals surface area contributed by atoms with E-state index < -0.39 is 10.0 Å². The minimum Gasteiger partial charge on any atom is -0.490 e. The molecule has 3 heterocycles. The summed E-state index contributed by atoms with van der Waals surface area (Å²) in [4.78, 5) is 17.3. The van der Waals surface area contributed by atoms with Gasteiger partial charge in [0.05, 0.1) is 24.2 Å². The number of nitrogens with zero attached hydrogens (tertiary/aromatic N) is 3. The maximum atomic E-state index is 13.3. The van der Waals surface area contributed by atoms with E-state index in [2.05, 4.69) is 11.0 Å². The van der Waals surface area contributed by atoms with Crippen molar-refractivity contribution in [3.8, 4) is 11.5 Å². The molecule has 5 rings (SSSR count). The van der Waals surface area contributed by atoms with Crippen molar-refractivity contribution in [2.24, 2.45) is 0 Å². The van der Waals surface area contributed by atoms with Crippen LogP contribution in [0.4, 0.5) is 5.69 Å². The molecular formula is C24H29N3O5S. The highest BCUT2D eigenvalue weighted by atomic mass is 32.2. The Morgan fingerprint density at radius 3 is 2.45 bits per heavy atom. The van der Waals surface area contributed by atoms with Gasteiger partial charge in [-0.15, -0.1) is 0 Å². The molecule has 0 saturated carbocycles. The minimum atomic E-state index is -3.66. The maximum Gasteiger partial charge on any atom is 0.244 e. The van der Waals surface area contributed by atoms with Gasteiger partial charge in [0, 0.05) is 50.9 Å². The highest BCUT2D eigenvalue weighted by molar-refractivity contribution is 7.89. The Morgan fingerprint density at radius 1 is 0.939 bits per heavy atom. The van der Waals surface area contributed by atoms with E-state index in [4.69, 9.17) is 9.47 Å². The number of para-hydroxylation sites is 1. The molecule has 1 amide bonds. The van der Waals surface area contributed by atoms with Crippen LogP contribution in [-0.2, 0) is 21.2 Å². The van der Waals surface area contributed by atoms with Gasteiger partial charge in [-0.25, -0.2) is 8.42 Å². The molecule has 1 saturated heterocycles. The predicted octanol–water partition coefficient (Wildman–Crippen LogP) is 2.13. The third kappa shape index (κ3) is 4.20. The SMILES string of the molecule is C[C@@H](C(=O)N1CCc2ccccc21)N1CCN(S(=O)(=O)c2ccc3c(c2)OCCCO3)CC1. The molecule has 0 unspecified atom stereocenters. The summed E-state index contributed by atoms with van der Waals surface area (Å²) in [6.07, 6.45) is 1.63. The summed E-state index contributed by atoms with van der Waals surface area (Å²) in [5.74, 6) is 1.11. The van der Waals surface area contributed by atoms with Crippen molar-refractivity contribution in [2.75, 3.05) is 50.8 Å². The Labute approximate surface area is 194 Å². The fourth-order valence-electron chi connectivity index (χ4n) is 4.73. The van der Waals surface area contributed by atoms with Gasteiger partial charge in [0.25, 0.3) is 0 Å². The fourth-order valence-corrected chi connectivity index (χ4v) is 6.17. The fraction of sp³-hybridized carbons (Fsp3) is 0.458. The lowest BCUT2D eigenvalue weighted by molar-refractivity contribution is -0.123. The number of carbonyl (C=O) groups is 1. The number of sulfonamides is 1. The zero-order chi connectivity index (χ0) is 23.0. The van der Waals surface area contributed by atoms with E-state index in [0.717, 1.165) is 18.5 Å². The average Bonchev–Trinajstić information content (AvgIpc) is 3.13. The van der Waals surface area contributed by atoms with E-state index in [-0.39, 0.29) is 16.8 Å². The van der Waals surface area contributed by atoms with Crippen LogP contribution >= 0.6 is 0 Å². The van der Waals surface area contributed by atoms with Crippen LogP contribution in [0.1, 0.15) is 18.9 Å². The van der Waals surface area contributed by atoms with Gasteiger partial charge in [-0.05, 0) is 37.1 Å². The van der Waals surface area contributed by atoms with Gasteiger partial charge < -0.3 is 14.4 Å². The third-order valence-electron chi connectivity index (χ3n) is 6.69. The lowest BCUT2D eigenvalue weighted by Crippen LogP contribution is -2.55. The Kier molecular flexibility index (Phi) is 6.03. The molecule has 0 aromatic heterocycles. The number of anilines is 1. The molecule has 2 aromatic carbocycles. The summed E-state index contributed by atoms with van der Waals surface area (Å²) in [5.41, 5.74) is 2.19. The van der Waals surface area contributed by atoms with Crippen molar-refractivity contribution in [2.45, 2.75) is 30.7 Å². The van der Waals surface area contributed by atoms with Crippen LogP contribution in [-0.4, -0.2) is 75.5 Å². The monoisotopic (exact) mass is 471 g/mol. The van der Waals surface area contributed by atoms with E-state index in [1.165, 1.54) is 9.87 Å². The molecule has 1 fully saturated rings. The summed E-state index contributed by atoms with van der Waals surface area (Å²) in [5, 5.41) is 0. The van der Waals surface area contributed by atoms with E-state index in [1.54, 1.807) is 18.2 Å². The number of rotatable bonds is 4. The van der Waals surface area contributed by atoms with Crippen molar-refractivity contribution in [1.29, 1.82) is 0 Å². The second kappa shape index (κ2) is 8.96. The number of amides is 1. The van der Waals surface area contributed by atoms with Crippen LogP contribution in [0.25, 0.3) is 0 Å². The summed E-state index contributed by atoms with van der Waals surface area (Å²) in [6, 6.07) is 12.5. The van der Waals surface area contributed by atoms with Gasteiger partial charge in [0.15, 0.2) is 11.5 Å². The smallest absolute Gasteiger partial charge is 0.244 e. The largest absolute Gasteiger partial charge is 0.490 e. The van der Waals surface area contributed by atoms with Gasteiger partial charge in [-0.1, -0.05) is 18.2 Å². The van der Waals surface area contributed by atoms with Crippen molar-refractivity contribution < 1.29 is 22.7 Å². The van der Waals surface area contributed by atoms with Gasteiger partial charge in [0.1, 0.15) is 0 Å². The maximum absolute atomic E-state index is 13.3. The molecule has 0 radical (unpaired) electrons. The molecule has 3 aliphatic rings. The topological polar surface area (TPSA) is 79.4 Å². The Balaban J connectivity index is 1.24. The Bertz CT molecular complexity index is 1140. The summed E-state index contributed by atoms with van der Waals surface area (Å²) < 4.78 is 39.3. The summed E-state index contributed by atoms with van der Waals surface area (Å²) >= 11 is 0. The highest BCUT2D eigenvalue weighted by Crippen LogP contribution is 2.33. The van der Waals surface area contributed by atoms with Crippen LogP contribution < -0.4 is 14.4 Å². The predicted molar refractivity (Wildman–Crippen MR) is 124 cm³/mol. The number of fused-ring (bicyclic) bond motifs is 2. The molecule has 176 valence electrons. The molecule has 3 aliphatic heterocycles. The normalized spacial score (nSPS) is 20.2. The summed E-state index contributed by atoms with van der Waals surface area (Å²) in [7, 11) is -3.66. The molecule has 2 aromatic rings. The van der Waals surface area contributed by atoms with Gasteiger partial charge >= 0.3 is 0 Å². The van der Waals surface area contributed by atoms with Crippen LogP contribution in [0.2, 0.25) is 0 Å². The molecule has 0 N–H and O–H groups in total. The third-order valence-corrected chi connectivity index (χ3v) is 8.58. The zero-order valence-electron chi connectivity index (χ0n) is 18.8. The van der Waals surface area contributed by atoms with Crippen LogP contribution in [0.5, 0.6) is 11.5 Å². The quantitative estimate of drug-likeness (QED) is 0.680. The second-order valence-electron chi connectivity index (χ2n) is 8.64. The van der Waals surface area contributed by atoms with Gasteiger partial charge in [-0.3, -0.25) is 9.69 Å². The average molecular weight is 472 g/mol. The standard InChI is InChI=1S/C24H29N3O5S/c1-18(24(28)27-10-9-19-5-2-3-6-21(19)27)25-11-13-26(14-12-25)33(29,30)20-7-8-22-23(17-20)32-16-4-15-31-22/h2-3,5-8,17-18H,4,9-16H2,1H3/t18-/m0/s1. The number of hydrogen-bond acceptors (Lipinski definition) is 6. The first kappa shape index (κ1) is 22.2. The van der Waals surface area contributed by atoms with E-state index >= 15 is 0 Å². The molecule has 0 aliphatic carbocycles. The van der Waals surface area contributed by atoms with Crippen molar-refractivity contribution in [3.05, 3.63) is 48.0 Å². The first-order valence-electron chi connectivity index (χ1n) is 11.5. The van der Waals surface area contributed by atoms with Crippen LogP contribution in [0.3, 0.4) is 0 Å². The second-order valence-corrected chi connectivity index (χ2v) is 10.6. The lowest BCUT2D eigenvalue weighted by Gasteiger charge is -2.38. The first-order valence-corrected chi connectivity index (χ1v) is 12.9. The van der Waals surface area contributed by atoms with Crippen molar-refractivity contribution in [1.82, 2.24) is 9.21 Å². The molecule has 33 heavy (non-hydrogen) atoms. The lowest BCUT2D eigenvalue weighted by atomic mass is 10.1. The molecule has 9 heteroatoms. The van der Waals surface area contributed by atoms with Crippen LogP contribution in [0, 0.1) is 0 Å².